The van der Waals surface area contributed by atoms with E-state index in [4.69, 9.17) is 20.0 Å². The molecule has 3 heterocycles. The van der Waals surface area contributed by atoms with Crippen molar-refractivity contribution >= 4 is 18.5 Å². The molecule has 1 atom stereocenters. The highest BCUT2D eigenvalue weighted by molar-refractivity contribution is 6.61. The Morgan fingerprint density at radius 3 is 2.50 bits per heavy atom. The Balaban J connectivity index is 1.83. The first kappa shape index (κ1) is 15.8. The zero-order chi connectivity index (χ0) is 16.0. The Morgan fingerprint density at radius 2 is 1.86 bits per heavy atom. The molecule has 0 spiro atoms. The molecule has 2 fully saturated rings. The minimum absolute atomic E-state index is 0.0507. The second-order valence-electron chi connectivity index (χ2n) is 7.27. The summed E-state index contributed by atoms with van der Waals surface area (Å²) >= 11 is 0. The first-order valence-electron chi connectivity index (χ1n) is 8.15. The monoisotopic (exact) mass is 303 g/mol. The highest BCUT2D eigenvalue weighted by atomic mass is 16.7. The van der Waals surface area contributed by atoms with E-state index < -0.39 is 7.12 Å². The molecule has 22 heavy (non-hydrogen) atoms. The fourth-order valence-corrected chi connectivity index (χ4v) is 2.94. The van der Waals surface area contributed by atoms with Crippen LogP contribution < -0.4 is 16.2 Å². The lowest BCUT2D eigenvalue weighted by Crippen LogP contribution is -2.47. The average Bonchev–Trinajstić information content (AvgIpc) is 2.68. The van der Waals surface area contributed by atoms with Gasteiger partial charge in [-0.1, -0.05) is 6.07 Å². The van der Waals surface area contributed by atoms with Crippen LogP contribution in [0, 0.1) is 0 Å². The molecule has 0 aromatic carbocycles. The quantitative estimate of drug-likeness (QED) is 0.842. The average molecular weight is 303 g/mol. The van der Waals surface area contributed by atoms with E-state index in [0.29, 0.717) is 0 Å². The fraction of sp³-hybridized carbons (Fsp3) is 0.688. The number of nitrogens with two attached hydrogens (primary N) is 1. The van der Waals surface area contributed by atoms with Gasteiger partial charge in [0.05, 0.1) is 23.0 Å². The van der Waals surface area contributed by atoms with E-state index in [1.807, 2.05) is 18.2 Å². The molecule has 0 saturated carbocycles. The third-order valence-electron chi connectivity index (χ3n) is 5.09. The van der Waals surface area contributed by atoms with Gasteiger partial charge in [0.25, 0.3) is 0 Å². The van der Waals surface area contributed by atoms with Crippen molar-refractivity contribution in [2.24, 2.45) is 5.73 Å². The van der Waals surface area contributed by atoms with E-state index in [-0.39, 0.29) is 17.4 Å². The van der Waals surface area contributed by atoms with Gasteiger partial charge in [0.1, 0.15) is 5.82 Å². The van der Waals surface area contributed by atoms with Crippen LogP contribution in [-0.2, 0) is 9.31 Å². The topological polar surface area (TPSA) is 60.6 Å². The van der Waals surface area contributed by atoms with E-state index in [1.54, 1.807) is 0 Å². The third-order valence-corrected chi connectivity index (χ3v) is 5.09. The summed E-state index contributed by atoms with van der Waals surface area (Å²) in [7, 11) is -0.425. The van der Waals surface area contributed by atoms with Crippen LogP contribution in [0.2, 0.25) is 0 Å². The molecule has 6 heteroatoms. The number of pyridine rings is 1. The summed E-state index contributed by atoms with van der Waals surface area (Å²) in [5.41, 5.74) is 6.34. The SMILES string of the molecule is CC1(C)OB(c2cccc(N3CCCC[C@@H]3N)n2)OC1(C)C. The zero-order valence-electron chi connectivity index (χ0n) is 14.0. The first-order chi connectivity index (χ1) is 10.3. The highest BCUT2D eigenvalue weighted by Crippen LogP contribution is 2.36. The number of nitrogens with zero attached hydrogens (tertiary/aromatic N) is 2. The third kappa shape index (κ3) is 2.75. The van der Waals surface area contributed by atoms with Crippen molar-refractivity contribution in [2.45, 2.75) is 64.3 Å². The largest absolute Gasteiger partial charge is 0.514 e. The van der Waals surface area contributed by atoms with Gasteiger partial charge < -0.3 is 19.9 Å². The summed E-state index contributed by atoms with van der Waals surface area (Å²) in [6, 6.07) is 5.98. The lowest BCUT2D eigenvalue weighted by molar-refractivity contribution is 0.00578. The van der Waals surface area contributed by atoms with Crippen molar-refractivity contribution in [3.8, 4) is 0 Å². The van der Waals surface area contributed by atoms with Crippen molar-refractivity contribution in [1.29, 1.82) is 0 Å². The standard InChI is InChI=1S/C16H26BN3O2/c1-15(2)16(3,4)22-17(21-15)12-8-7-10-14(19-12)20-11-6-5-9-13(20)18/h7-8,10,13H,5-6,9,11,18H2,1-4H3/t13-/m1/s1. The molecular formula is C16H26BN3O2. The molecule has 2 aliphatic heterocycles. The minimum Gasteiger partial charge on any atom is -0.398 e. The summed E-state index contributed by atoms with van der Waals surface area (Å²) in [5.74, 6) is 0.916. The number of hydrogen-bond donors (Lipinski definition) is 1. The van der Waals surface area contributed by atoms with Crippen LogP contribution in [0.25, 0.3) is 0 Å². The van der Waals surface area contributed by atoms with Gasteiger partial charge in [-0.05, 0) is 59.1 Å². The number of rotatable bonds is 2. The van der Waals surface area contributed by atoms with Crippen molar-refractivity contribution in [3.05, 3.63) is 18.2 Å². The van der Waals surface area contributed by atoms with Crippen molar-refractivity contribution in [2.75, 3.05) is 11.4 Å². The maximum Gasteiger partial charge on any atom is 0.514 e. The highest BCUT2D eigenvalue weighted by Gasteiger charge is 2.52. The maximum atomic E-state index is 6.22. The van der Waals surface area contributed by atoms with Crippen molar-refractivity contribution < 1.29 is 9.31 Å². The summed E-state index contributed by atoms with van der Waals surface area (Å²) < 4.78 is 12.2. The van der Waals surface area contributed by atoms with Gasteiger partial charge >= 0.3 is 7.12 Å². The maximum absolute atomic E-state index is 6.22. The molecule has 5 nitrogen and oxygen atoms in total. The Bertz CT molecular complexity index is 534. The predicted molar refractivity (Wildman–Crippen MR) is 89.1 cm³/mol. The van der Waals surface area contributed by atoms with Crippen LogP contribution in [-0.4, -0.2) is 36.0 Å². The van der Waals surface area contributed by atoms with Crippen LogP contribution in [0.15, 0.2) is 18.2 Å². The molecule has 0 radical (unpaired) electrons. The molecule has 1 aromatic heterocycles. The van der Waals surface area contributed by atoms with E-state index in [1.165, 1.54) is 6.42 Å². The molecule has 3 rings (SSSR count). The molecule has 0 unspecified atom stereocenters. The van der Waals surface area contributed by atoms with Crippen LogP contribution >= 0.6 is 0 Å². The summed E-state index contributed by atoms with van der Waals surface area (Å²) in [4.78, 5) is 6.93. The van der Waals surface area contributed by atoms with E-state index >= 15 is 0 Å². The Morgan fingerprint density at radius 1 is 1.18 bits per heavy atom. The summed E-state index contributed by atoms with van der Waals surface area (Å²) in [6.45, 7) is 9.17. The molecular weight excluding hydrogens is 277 g/mol. The second kappa shape index (κ2) is 5.51. The number of piperidine rings is 1. The first-order valence-corrected chi connectivity index (χ1v) is 8.15. The Labute approximate surface area is 133 Å². The lowest BCUT2D eigenvalue weighted by Gasteiger charge is -2.34. The predicted octanol–water partition coefficient (Wildman–Crippen LogP) is 1.66. The molecule has 0 amide bonds. The number of aromatic nitrogens is 1. The summed E-state index contributed by atoms with van der Waals surface area (Å²) in [5, 5.41) is 0. The normalized spacial score (nSPS) is 27.2. The fourth-order valence-electron chi connectivity index (χ4n) is 2.94. The molecule has 0 bridgehead atoms. The van der Waals surface area contributed by atoms with E-state index in [0.717, 1.165) is 30.8 Å². The molecule has 2 aliphatic rings. The van der Waals surface area contributed by atoms with Gasteiger partial charge in [0, 0.05) is 6.54 Å². The van der Waals surface area contributed by atoms with Crippen LogP contribution in [0.5, 0.6) is 0 Å². The van der Waals surface area contributed by atoms with Gasteiger partial charge in [0.15, 0.2) is 0 Å². The lowest BCUT2D eigenvalue weighted by atomic mass is 9.84. The minimum atomic E-state index is -0.425. The van der Waals surface area contributed by atoms with Crippen molar-refractivity contribution in [1.82, 2.24) is 4.98 Å². The van der Waals surface area contributed by atoms with E-state index in [2.05, 4.69) is 32.6 Å². The van der Waals surface area contributed by atoms with Gasteiger partial charge in [-0.2, -0.15) is 0 Å². The van der Waals surface area contributed by atoms with Gasteiger partial charge in [-0.15, -0.1) is 0 Å². The molecule has 0 aliphatic carbocycles. The van der Waals surface area contributed by atoms with Gasteiger partial charge in [-0.3, -0.25) is 0 Å². The number of hydrogen-bond acceptors (Lipinski definition) is 5. The smallest absolute Gasteiger partial charge is 0.398 e. The molecule has 1 aromatic rings. The molecule has 120 valence electrons. The number of anilines is 1. The second-order valence-corrected chi connectivity index (χ2v) is 7.27. The summed E-state index contributed by atoms with van der Waals surface area (Å²) in [6.07, 6.45) is 3.42. The Kier molecular flexibility index (Phi) is 3.95. The van der Waals surface area contributed by atoms with Crippen LogP contribution in [0.1, 0.15) is 47.0 Å². The van der Waals surface area contributed by atoms with E-state index in [9.17, 15) is 0 Å². The van der Waals surface area contributed by atoms with Crippen LogP contribution in [0.3, 0.4) is 0 Å². The van der Waals surface area contributed by atoms with Crippen molar-refractivity contribution in [3.63, 3.8) is 0 Å². The zero-order valence-corrected chi connectivity index (χ0v) is 14.0. The van der Waals surface area contributed by atoms with Gasteiger partial charge in [-0.25, -0.2) is 4.98 Å². The molecule has 2 N–H and O–H groups in total. The van der Waals surface area contributed by atoms with Gasteiger partial charge in [0.2, 0.25) is 0 Å². The molecule has 2 saturated heterocycles. The Hall–Kier alpha value is -1.11. The van der Waals surface area contributed by atoms with Crippen LogP contribution in [0.4, 0.5) is 5.82 Å².